The fourth-order valence-electron chi connectivity index (χ4n) is 5.01. The molecule has 0 aliphatic rings. The predicted molar refractivity (Wildman–Crippen MR) is 142 cm³/mol. The van der Waals surface area contributed by atoms with Gasteiger partial charge in [0.15, 0.2) is 0 Å². The van der Waals surface area contributed by atoms with E-state index in [4.69, 9.17) is 0 Å². The summed E-state index contributed by atoms with van der Waals surface area (Å²) < 4.78 is 2.10. The van der Waals surface area contributed by atoms with Crippen molar-refractivity contribution in [2.24, 2.45) is 12.0 Å². The Morgan fingerprint density at radius 3 is 2.21 bits per heavy atom. The first kappa shape index (κ1) is 23.4. The summed E-state index contributed by atoms with van der Waals surface area (Å²) in [6.45, 7) is 10.6. The number of aryl methyl sites for hydroxylation is 1. The molecule has 1 unspecified atom stereocenters. The van der Waals surface area contributed by atoms with Gasteiger partial charge in [-0.1, -0.05) is 50.2 Å². The first-order valence-electron chi connectivity index (χ1n) is 11.8. The fourth-order valence-corrected chi connectivity index (χ4v) is 5.01. The minimum atomic E-state index is -0.416. The van der Waals surface area contributed by atoms with Crippen molar-refractivity contribution in [1.82, 2.24) is 14.5 Å². The summed E-state index contributed by atoms with van der Waals surface area (Å²) in [5, 5.41) is 0. The van der Waals surface area contributed by atoms with E-state index in [-0.39, 0.29) is 0 Å². The van der Waals surface area contributed by atoms with Crippen LogP contribution in [-0.2, 0) is 12.5 Å². The molecule has 4 nitrogen and oxygen atoms in total. The first-order chi connectivity index (χ1) is 16.5. The SMILES string of the molecule is C=Nc1ccc(C(C)(c2ccncc2)c2cncn2C)cc1/C(CC)=C(\CC)c1ccccc1. The summed E-state index contributed by atoms with van der Waals surface area (Å²) in [7, 11) is 2.05. The fraction of sp³-hybridized carbons (Fsp3) is 0.233. The Morgan fingerprint density at radius 1 is 0.912 bits per heavy atom. The summed E-state index contributed by atoms with van der Waals surface area (Å²) in [4.78, 5) is 13.1. The number of aliphatic imine (C=N–C) groups is 1. The molecule has 0 amide bonds. The van der Waals surface area contributed by atoms with E-state index in [2.05, 4.69) is 108 Å². The third-order valence-electron chi connectivity index (χ3n) is 6.85. The van der Waals surface area contributed by atoms with Gasteiger partial charge in [-0.25, -0.2) is 4.98 Å². The summed E-state index contributed by atoms with van der Waals surface area (Å²) in [6.07, 6.45) is 9.37. The van der Waals surface area contributed by atoms with Crippen molar-refractivity contribution in [3.8, 4) is 0 Å². The second-order valence-corrected chi connectivity index (χ2v) is 8.67. The summed E-state index contributed by atoms with van der Waals surface area (Å²) >= 11 is 0. The van der Waals surface area contributed by atoms with Gasteiger partial charge < -0.3 is 4.57 Å². The number of pyridine rings is 1. The molecular formula is C30H32N4. The highest BCUT2D eigenvalue weighted by atomic mass is 15.0. The third-order valence-corrected chi connectivity index (χ3v) is 6.85. The van der Waals surface area contributed by atoms with Crippen LogP contribution in [0, 0.1) is 0 Å². The zero-order chi connectivity index (χ0) is 24.1. The lowest BCUT2D eigenvalue weighted by Gasteiger charge is -2.32. The number of benzene rings is 2. The van der Waals surface area contributed by atoms with Crippen molar-refractivity contribution in [1.29, 1.82) is 0 Å². The Kier molecular flexibility index (Phi) is 6.87. The molecule has 2 aromatic carbocycles. The average molecular weight is 449 g/mol. The van der Waals surface area contributed by atoms with Crippen LogP contribution in [0.3, 0.4) is 0 Å². The van der Waals surface area contributed by atoms with E-state index in [1.807, 2.05) is 32.0 Å². The summed E-state index contributed by atoms with van der Waals surface area (Å²) in [5.41, 5.74) is 8.99. The van der Waals surface area contributed by atoms with Crippen LogP contribution in [0.5, 0.6) is 0 Å². The maximum absolute atomic E-state index is 4.44. The largest absolute Gasteiger partial charge is 0.337 e. The van der Waals surface area contributed by atoms with E-state index in [0.29, 0.717) is 0 Å². The summed E-state index contributed by atoms with van der Waals surface area (Å²) in [6, 6.07) is 21.4. The zero-order valence-corrected chi connectivity index (χ0v) is 20.5. The monoisotopic (exact) mass is 448 g/mol. The maximum Gasteiger partial charge on any atom is 0.0945 e. The quantitative estimate of drug-likeness (QED) is 0.211. The van der Waals surface area contributed by atoms with Crippen LogP contribution in [0.2, 0.25) is 0 Å². The van der Waals surface area contributed by atoms with Crippen LogP contribution in [-0.4, -0.2) is 21.3 Å². The number of allylic oxidation sites excluding steroid dienone is 2. The molecular weight excluding hydrogens is 416 g/mol. The van der Waals surface area contributed by atoms with Crippen LogP contribution in [0.15, 0.2) is 90.6 Å². The van der Waals surface area contributed by atoms with Crippen molar-refractivity contribution in [3.05, 3.63) is 114 Å². The lowest BCUT2D eigenvalue weighted by molar-refractivity contribution is 0.625. The molecule has 0 bridgehead atoms. The van der Waals surface area contributed by atoms with Crippen molar-refractivity contribution < 1.29 is 0 Å². The zero-order valence-electron chi connectivity index (χ0n) is 20.5. The molecule has 0 aliphatic heterocycles. The van der Waals surface area contributed by atoms with Gasteiger partial charge in [-0.05, 0) is 78.6 Å². The van der Waals surface area contributed by atoms with Gasteiger partial charge in [0.25, 0.3) is 0 Å². The average Bonchev–Trinajstić information content (AvgIpc) is 3.33. The van der Waals surface area contributed by atoms with Crippen molar-refractivity contribution in [3.63, 3.8) is 0 Å². The van der Waals surface area contributed by atoms with Gasteiger partial charge in [0, 0.05) is 31.2 Å². The molecule has 0 radical (unpaired) electrons. The van der Waals surface area contributed by atoms with E-state index < -0.39 is 5.41 Å². The van der Waals surface area contributed by atoms with Crippen LogP contribution in [0.25, 0.3) is 11.1 Å². The second kappa shape index (κ2) is 10.0. The molecule has 4 heteroatoms. The van der Waals surface area contributed by atoms with E-state index in [1.54, 1.807) is 0 Å². The molecule has 2 heterocycles. The molecule has 0 fully saturated rings. The second-order valence-electron chi connectivity index (χ2n) is 8.67. The number of hydrogen-bond donors (Lipinski definition) is 0. The Balaban J connectivity index is 2.00. The van der Waals surface area contributed by atoms with Crippen molar-refractivity contribution in [2.45, 2.75) is 39.0 Å². The lowest BCUT2D eigenvalue weighted by atomic mass is 9.73. The predicted octanol–water partition coefficient (Wildman–Crippen LogP) is 7.23. The van der Waals surface area contributed by atoms with E-state index in [0.717, 1.165) is 35.3 Å². The molecule has 0 saturated carbocycles. The topological polar surface area (TPSA) is 43.1 Å². The molecule has 1 atom stereocenters. The number of imidazole rings is 1. The molecule has 4 aromatic rings. The molecule has 0 spiro atoms. The van der Waals surface area contributed by atoms with Crippen LogP contribution < -0.4 is 0 Å². The van der Waals surface area contributed by atoms with Gasteiger partial charge in [0.2, 0.25) is 0 Å². The Bertz CT molecular complexity index is 1300. The van der Waals surface area contributed by atoms with Crippen LogP contribution in [0.4, 0.5) is 5.69 Å². The molecule has 0 aliphatic carbocycles. The van der Waals surface area contributed by atoms with E-state index in [9.17, 15) is 0 Å². The smallest absolute Gasteiger partial charge is 0.0945 e. The highest BCUT2D eigenvalue weighted by Crippen LogP contribution is 2.43. The minimum absolute atomic E-state index is 0.416. The highest BCUT2D eigenvalue weighted by Gasteiger charge is 2.34. The molecule has 4 rings (SSSR count). The molecule has 0 saturated heterocycles. The first-order valence-corrected chi connectivity index (χ1v) is 11.8. The van der Waals surface area contributed by atoms with Gasteiger partial charge in [0.05, 0.1) is 23.1 Å². The third kappa shape index (κ3) is 4.12. The molecule has 0 N–H and O–H groups in total. The summed E-state index contributed by atoms with van der Waals surface area (Å²) in [5.74, 6) is 0. The normalized spacial score (nSPS) is 13.8. The number of nitrogens with zero attached hydrogens (tertiary/aromatic N) is 4. The van der Waals surface area contributed by atoms with Gasteiger partial charge in [0.1, 0.15) is 0 Å². The Labute approximate surface area is 202 Å². The van der Waals surface area contributed by atoms with E-state index >= 15 is 0 Å². The molecule has 34 heavy (non-hydrogen) atoms. The Morgan fingerprint density at radius 2 is 1.62 bits per heavy atom. The minimum Gasteiger partial charge on any atom is -0.337 e. The lowest BCUT2D eigenvalue weighted by Crippen LogP contribution is -2.28. The number of rotatable bonds is 8. The molecule has 2 aromatic heterocycles. The maximum atomic E-state index is 4.44. The van der Waals surface area contributed by atoms with E-state index in [1.165, 1.54) is 22.3 Å². The number of hydrogen-bond acceptors (Lipinski definition) is 3. The van der Waals surface area contributed by atoms with Crippen LogP contribution in [0.1, 0.15) is 61.6 Å². The number of aromatic nitrogens is 3. The molecule has 172 valence electrons. The van der Waals surface area contributed by atoms with Gasteiger partial charge >= 0.3 is 0 Å². The standard InChI is InChI=1S/C30H32N4/c1-6-25(22-11-9-8-10-12-22)26(7-2)27-19-24(13-14-28(27)31-4)30(3,23-15-17-32-18-16-23)29-20-33-21-34(29)5/h8-21H,4,6-7H2,1-3,5H3/b26-25+. The Hall–Kier alpha value is -3.79. The van der Waals surface area contributed by atoms with Crippen LogP contribution >= 0.6 is 0 Å². The van der Waals surface area contributed by atoms with Crippen molar-refractivity contribution in [2.75, 3.05) is 0 Å². The van der Waals surface area contributed by atoms with Gasteiger partial charge in [-0.15, -0.1) is 0 Å². The van der Waals surface area contributed by atoms with Crippen molar-refractivity contribution >= 4 is 23.6 Å². The van der Waals surface area contributed by atoms with Gasteiger partial charge in [-0.2, -0.15) is 0 Å². The van der Waals surface area contributed by atoms with Gasteiger partial charge in [-0.3, -0.25) is 9.98 Å². The highest BCUT2D eigenvalue weighted by molar-refractivity contribution is 5.94.